The van der Waals surface area contributed by atoms with Crippen molar-refractivity contribution < 1.29 is 9.53 Å². The highest BCUT2D eigenvalue weighted by molar-refractivity contribution is 9.10. The first kappa shape index (κ1) is 22.8. The molecule has 0 saturated heterocycles. The summed E-state index contributed by atoms with van der Waals surface area (Å²) in [7, 11) is 1.58. The standard InChI is InChI=1S/C24H19BrN4O3S/c1-32-18-12-10-17(11-13-18)29-23(31)19-7-3-5-9-21(19)27-24(29)33-15-22(30)28-26-14-16-6-2-4-8-20(16)25/h2-14H,15H2,1H3,(H,28,30)/b26-14-. The number of thioether (sulfide) groups is 1. The molecule has 9 heteroatoms. The third-order valence-corrected chi connectivity index (χ3v) is 6.37. The van der Waals surface area contributed by atoms with E-state index in [0.717, 1.165) is 21.8 Å². The van der Waals surface area contributed by atoms with Crippen molar-refractivity contribution in [2.75, 3.05) is 12.9 Å². The van der Waals surface area contributed by atoms with Gasteiger partial charge in [0.25, 0.3) is 11.5 Å². The Morgan fingerprint density at radius 3 is 2.61 bits per heavy atom. The van der Waals surface area contributed by atoms with E-state index in [9.17, 15) is 9.59 Å². The van der Waals surface area contributed by atoms with Crippen LogP contribution in [-0.2, 0) is 4.79 Å². The molecule has 0 atom stereocenters. The molecule has 0 spiro atoms. The molecule has 1 amide bonds. The molecular formula is C24H19BrN4O3S. The van der Waals surface area contributed by atoms with Gasteiger partial charge in [0, 0.05) is 10.0 Å². The van der Waals surface area contributed by atoms with Gasteiger partial charge in [0.05, 0.1) is 35.7 Å². The van der Waals surface area contributed by atoms with E-state index in [4.69, 9.17) is 4.74 Å². The summed E-state index contributed by atoms with van der Waals surface area (Å²) in [5.41, 5.74) is 4.35. The Balaban J connectivity index is 1.58. The van der Waals surface area contributed by atoms with Crippen LogP contribution in [-0.4, -0.2) is 34.5 Å². The van der Waals surface area contributed by atoms with Crippen molar-refractivity contribution in [3.63, 3.8) is 0 Å². The van der Waals surface area contributed by atoms with Crippen molar-refractivity contribution in [3.8, 4) is 11.4 Å². The second-order valence-corrected chi connectivity index (χ2v) is 8.65. The Morgan fingerprint density at radius 2 is 1.85 bits per heavy atom. The molecule has 0 aliphatic rings. The van der Waals surface area contributed by atoms with Gasteiger partial charge in [0.15, 0.2) is 5.16 Å². The fourth-order valence-corrected chi connectivity index (χ4v) is 4.28. The van der Waals surface area contributed by atoms with Gasteiger partial charge in [-0.05, 0) is 42.5 Å². The lowest BCUT2D eigenvalue weighted by Gasteiger charge is -2.13. The summed E-state index contributed by atoms with van der Waals surface area (Å²) >= 11 is 4.60. The number of carbonyl (C=O) groups is 1. The number of nitrogens with one attached hydrogen (secondary N) is 1. The number of hydrogen-bond acceptors (Lipinski definition) is 6. The maximum absolute atomic E-state index is 13.3. The average molecular weight is 523 g/mol. The molecule has 166 valence electrons. The topological polar surface area (TPSA) is 85.6 Å². The number of amides is 1. The monoisotopic (exact) mass is 522 g/mol. The predicted octanol–water partition coefficient (Wildman–Crippen LogP) is 4.40. The second kappa shape index (κ2) is 10.5. The minimum atomic E-state index is -0.313. The van der Waals surface area contributed by atoms with Crippen LogP contribution in [0, 0.1) is 0 Å². The first-order chi connectivity index (χ1) is 16.1. The number of rotatable bonds is 7. The minimum absolute atomic E-state index is 0.0359. The second-order valence-electron chi connectivity index (χ2n) is 6.85. The van der Waals surface area contributed by atoms with Crippen molar-refractivity contribution in [2.24, 2.45) is 5.10 Å². The van der Waals surface area contributed by atoms with Crippen molar-refractivity contribution in [1.29, 1.82) is 0 Å². The van der Waals surface area contributed by atoms with E-state index in [2.05, 4.69) is 31.4 Å². The SMILES string of the molecule is COc1ccc(-n2c(SCC(=O)N/N=C\c3ccccc3Br)nc3ccccc3c2=O)cc1. The molecule has 3 aromatic carbocycles. The van der Waals surface area contributed by atoms with Gasteiger partial charge in [-0.1, -0.05) is 58.0 Å². The zero-order chi connectivity index (χ0) is 23.2. The molecule has 0 radical (unpaired) electrons. The molecular weight excluding hydrogens is 504 g/mol. The Hall–Kier alpha value is -3.43. The summed E-state index contributed by atoms with van der Waals surface area (Å²) in [6.45, 7) is 0. The average Bonchev–Trinajstić information content (AvgIpc) is 2.84. The van der Waals surface area contributed by atoms with E-state index in [-0.39, 0.29) is 17.2 Å². The first-order valence-corrected chi connectivity index (χ1v) is 11.7. The molecule has 0 aliphatic carbocycles. The third kappa shape index (κ3) is 5.32. The number of carbonyl (C=O) groups excluding carboxylic acids is 1. The minimum Gasteiger partial charge on any atom is -0.497 e. The van der Waals surface area contributed by atoms with Crippen LogP contribution < -0.4 is 15.7 Å². The quantitative estimate of drug-likeness (QED) is 0.168. The highest BCUT2D eigenvalue weighted by Gasteiger charge is 2.15. The summed E-state index contributed by atoms with van der Waals surface area (Å²) in [5, 5.41) is 4.92. The molecule has 33 heavy (non-hydrogen) atoms. The molecule has 0 unspecified atom stereocenters. The van der Waals surface area contributed by atoms with Gasteiger partial charge >= 0.3 is 0 Å². The van der Waals surface area contributed by atoms with Crippen LogP contribution in [0.3, 0.4) is 0 Å². The van der Waals surface area contributed by atoms with Crippen LogP contribution in [0.15, 0.2) is 92.3 Å². The Morgan fingerprint density at radius 1 is 1.12 bits per heavy atom. The van der Waals surface area contributed by atoms with Crippen LogP contribution >= 0.6 is 27.7 Å². The van der Waals surface area contributed by atoms with Gasteiger partial charge in [-0.3, -0.25) is 14.2 Å². The number of methoxy groups -OCH3 is 1. The summed E-state index contributed by atoms with van der Waals surface area (Å²) in [6.07, 6.45) is 1.56. The lowest BCUT2D eigenvalue weighted by Crippen LogP contribution is -2.24. The lowest BCUT2D eigenvalue weighted by molar-refractivity contribution is -0.118. The third-order valence-electron chi connectivity index (χ3n) is 4.71. The Bertz CT molecular complexity index is 1390. The van der Waals surface area contributed by atoms with E-state index in [1.807, 2.05) is 30.3 Å². The maximum atomic E-state index is 13.3. The van der Waals surface area contributed by atoms with Gasteiger partial charge < -0.3 is 4.74 Å². The van der Waals surface area contributed by atoms with Crippen LogP contribution in [0.2, 0.25) is 0 Å². The first-order valence-electron chi connectivity index (χ1n) is 9.92. The van der Waals surface area contributed by atoms with Gasteiger partial charge in [-0.15, -0.1) is 0 Å². The number of ether oxygens (including phenoxy) is 1. The van der Waals surface area contributed by atoms with E-state index in [1.165, 1.54) is 4.57 Å². The van der Waals surface area contributed by atoms with Gasteiger partial charge in [0.2, 0.25) is 0 Å². The molecule has 0 aliphatic heterocycles. The van der Waals surface area contributed by atoms with E-state index in [1.54, 1.807) is 55.8 Å². The number of benzene rings is 3. The van der Waals surface area contributed by atoms with Crippen molar-refractivity contribution in [2.45, 2.75) is 5.16 Å². The summed E-state index contributed by atoms with van der Waals surface area (Å²) in [6, 6.07) is 21.8. The number of nitrogens with zero attached hydrogens (tertiary/aromatic N) is 3. The molecule has 4 rings (SSSR count). The molecule has 7 nitrogen and oxygen atoms in total. The van der Waals surface area contributed by atoms with Crippen LogP contribution in [0.4, 0.5) is 0 Å². The largest absolute Gasteiger partial charge is 0.497 e. The van der Waals surface area contributed by atoms with Gasteiger partial charge in [0.1, 0.15) is 5.75 Å². The zero-order valence-electron chi connectivity index (χ0n) is 17.6. The van der Waals surface area contributed by atoms with Crippen LogP contribution in [0.25, 0.3) is 16.6 Å². The van der Waals surface area contributed by atoms with Crippen molar-refractivity contribution in [1.82, 2.24) is 15.0 Å². The maximum Gasteiger partial charge on any atom is 0.266 e. The fraction of sp³-hybridized carbons (Fsp3) is 0.0833. The van der Waals surface area contributed by atoms with Gasteiger partial charge in [-0.25, -0.2) is 10.4 Å². The number of hydrazone groups is 1. The molecule has 1 heterocycles. The molecule has 1 aromatic heterocycles. The number of fused-ring (bicyclic) bond motifs is 1. The van der Waals surface area contributed by atoms with E-state index in [0.29, 0.717) is 27.5 Å². The normalized spacial score (nSPS) is 11.1. The predicted molar refractivity (Wildman–Crippen MR) is 134 cm³/mol. The summed E-state index contributed by atoms with van der Waals surface area (Å²) in [4.78, 5) is 30.3. The Labute approximate surface area is 202 Å². The molecule has 0 saturated carbocycles. The zero-order valence-corrected chi connectivity index (χ0v) is 20.0. The molecule has 1 N–H and O–H groups in total. The number of aromatic nitrogens is 2. The van der Waals surface area contributed by atoms with Gasteiger partial charge in [-0.2, -0.15) is 5.10 Å². The molecule has 4 aromatic rings. The van der Waals surface area contributed by atoms with Crippen molar-refractivity contribution in [3.05, 3.63) is 93.2 Å². The highest BCUT2D eigenvalue weighted by atomic mass is 79.9. The van der Waals surface area contributed by atoms with Crippen molar-refractivity contribution >= 4 is 50.7 Å². The Kier molecular flexibility index (Phi) is 7.21. The number of hydrogen-bond donors (Lipinski definition) is 1. The smallest absolute Gasteiger partial charge is 0.266 e. The summed E-state index contributed by atoms with van der Waals surface area (Å²) in [5.74, 6) is 0.401. The lowest BCUT2D eigenvalue weighted by atomic mass is 10.2. The fourth-order valence-electron chi connectivity index (χ4n) is 3.08. The molecule has 0 fully saturated rings. The number of halogens is 1. The van der Waals surface area contributed by atoms with E-state index >= 15 is 0 Å². The summed E-state index contributed by atoms with van der Waals surface area (Å²) < 4.78 is 7.59. The van der Waals surface area contributed by atoms with Crippen LogP contribution in [0.1, 0.15) is 5.56 Å². The molecule has 0 bridgehead atoms. The van der Waals surface area contributed by atoms with Crippen LogP contribution in [0.5, 0.6) is 5.75 Å². The number of para-hydroxylation sites is 1. The van der Waals surface area contributed by atoms with E-state index < -0.39 is 0 Å². The highest BCUT2D eigenvalue weighted by Crippen LogP contribution is 2.22.